The number of nitrogens with one attached hydrogen (secondary N) is 1. The number of primary amides is 1. The normalized spacial score (nSPS) is 10.3. The fraction of sp³-hybridized carbons (Fsp3) is 0. The van der Waals surface area contributed by atoms with Crippen LogP contribution in [-0.2, 0) is 4.79 Å². The number of carbonyl (C=O) groups excluding carboxylic acids is 2. The first kappa shape index (κ1) is 8.50. The number of fused-ring (bicyclic) bond motifs is 1. The molecule has 14 heavy (non-hydrogen) atoms. The summed E-state index contributed by atoms with van der Waals surface area (Å²) in [6, 6.07) is 6.86. The van der Waals surface area contributed by atoms with Gasteiger partial charge in [-0.1, -0.05) is 12.1 Å². The number of H-pyrrole nitrogens is 1. The summed E-state index contributed by atoms with van der Waals surface area (Å²) in [5.41, 5.74) is 6.09. The number of carbonyl (C=O) groups is 2. The van der Waals surface area contributed by atoms with E-state index in [4.69, 9.17) is 5.73 Å². The maximum Gasteiger partial charge on any atom is 0.289 e. The Hall–Kier alpha value is -2.10. The van der Waals surface area contributed by atoms with Crippen LogP contribution in [0.1, 0.15) is 10.4 Å². The Morgan fingerprint density at radius 3 is 2.71 bits per heavy atom. The van der Waals surface area contributed by atoms with Gasteiger partial charge in [0.15, 0.2) is 0 Å². The number of amides is 1. The third-order valence-corrected chi connectivity index (χ3v) is 2.06. The van der Waals surface area contributed by atoms with Crippen molar-refractivity contribution in [1.29, 1.82) is 0 Å². The van der Waals surface area contributed by atoms with E-state index in [-0.39, 0.29) is 0 Å². The smallest absolute Gasteiger partial charge is 0.289 e. The summed E-state index contributed by atoms with van der Waals surface area (Å²) < 4.78 is 0. The van der Waals surface area contributed by atoms with Crippen molar-refractivity contribution in [2.45, 2.75) is 0 Å². The van der Waals surface area contributed by atoms with Gasteiger partial charge in [0, 0.05) is 22.7 Å². The molecule has 0 saturated heterocycles. The SMILES string of the molecule is NC(=O)C(=O)c1cccc2[nH]ccc12. The van der Waals surface area contributed by atoms with Crippen molar-refractivity contribution < 1.29 is 9.59 Å². The second-order valence-corrected chi connectivity index (χ2v) is 2.94. The molecule has 0 aliphatic heterocycles. The second kappa shape index (κ2) is 2.99. The molecule has 2 rings (SSSR count). The van der Waals surface area contributed by atoms with Gasteiger partial charge in [-0.15, -0.1) is 0 Å². The predicted molar refractivity (Wildman–Crippen MR) is 51.8 cm³/mol. The van der Waals surface area contributed by atoms with Gasteiger partial charge >= 0.3 is 0 Å². The van der Waals surface area contributed by atoms with Crippen LogP contribution in [0.3, 0.4) is 0 Å². The van der Waals surface area contributed by atoms with Gasteiger partial charge in [0.2, 0.25) is 0 Å². The Bertz CT molecular complexity index is 514. The summed E-state index contributed by atoms with van der Waals surface area (Å²) in [4.78, 5) is 25.0. The summed E-state index contributed by atoms with van der Waals surface area (Å²) in [6.45, 7) is 0. The van der Waals surface area contributed by atoms with E-state index in [1.54, 1.807) is 24.4 Å². The molecule has 0 bridgehead atoms. The van der Waals surface area contributed by atoms with Gasteiger partial charge in [-0.05, 0) is 12.1 Å². The molecule has 0 radical (unpaired) electrons. The van der Waals surface area contributed by atoms with Gasteiger partial charge in [-0.3, -0.25) is 9.59 Å². The lowest BCUT2D eigenvalue weighted by Crippen LogP contribution is -2.23. The molecule has 2 aromatic rings. The maximum absolute atomic E-state index is 11.4. The Kier molecular flexibility index (Phi) is 1.81. The minimum absolute atomic E-state index is 0.344. The highest BCUT2D eigenvalue weighted by Crippen LogP contribution is 2.17. The summed E-state index contributed by atoms with van der Waals surface area (Å²) in [7, 11) is 0. The molecule has 0 spiro atoms. The zero-order valence-electron chi connectivity index (χ0n) is 7.28. The van der Waals surface area contributed by atoms with Crippen molar-refractivity contribution in [3.05, 3.63) is 36.0 Å². The summed E-state index contributed by atoms with van der Waals surface area (Å²) in [5.74, 6) is -1.59. The fourth-order valence-electron chi connectivity index (χ4n) is 1.42. The van der Waals surface area contributed by atoms with Crippen molar-refractivity contribution in [1.82, 2.24) is 4.98 Å². The zero-order chi connectivity index (χ0) is 10.1. The van der Waals surface area contributed by atoms with Crippen molar-refractivity contribution >= 4 is 22.6 Å². The van der Waals surface area contributed by atoms with Crippen LogP contribution < -0.4 is 5.73 Å². The Labute approximate surface area is 79.7 Å². The van der Waals surface area contributed by atoms with Crippen LogP contribution >= 0.6 is 0 Å². The average molecular weight is 188 g/mol. The number of nitrogens with two attached hydrogens (primary N) is 1. The van der Waals surface area contributed by atoms with E-state index in [1.165, 1.54) is 0 Å². The standard InChI is InChI=1S/C10H8N2O2/c11-10(14)9(13)7-2-1-3-8-6(7)4-5-12-8/h1-5,12H,(H2,11,14). The van der Waals surface area contributed by atoms with Crippen LogP contribution in [0.15, 0.2) is 30.5 Å². The molecule has 4 heteroatoms. The fourth-order valence-corrected chi connectivity index (χ4v) is 1.42. The lowest BCUT2D eigenvalue weighted by molar-refractivity contribution is -0.114. The molecular formula is C10H8N2O2. The minimum atomic E-state index is -0.932. The van der Waals surface area contributed by atoms with Gasteiger partial charge < -0.3 is 10.7 Å². The van der Waals surface area contributed by atoms with Crippen LogP contribution in [0.5, 0.6) is 0 Å². The van der Waals surface area contributed by atoms with Crippen molar-refractivity contribution in [2.24, 2.45) is 5.73 Å². The van der Waals surface area contributed by atoms with E-state index in [0.717, 1.165) is 10.9 Å². The molecule has 0 aliphatic carbocycles. The number of aromatic amines is 1. The van der Waals surface area contributed by atoms with Gasteiger partial charge in [0.25, 0.3) is 11.7 Å². The summed E-state index contributed by atoms with van der Waals surface area (Å²) >= 11 is 0. The Morgan fingerprint density at radius 2 is 2.00 bits per heavy atom. The highest BCUT2D eigenvalue weighted by Gasteiger charge is 2.15. The number of ketones is 1. The van der Waals surface area contributed by atoms with Gasteiger partial charge in [-0.2, -0.15) is 0 Å². The lowest BCUT2D eigenvalue weighted by Gasteiger charge is -1.98. The van der Waals surface area contributed by atoms with E-state index in [1.807, 2.05) is 6.07 Å². The molecule has 1 heterocycles. The van der Waals surface area contributed by atoms with E-state index in [9.17, 15) is 9.59 Å². The minimum Gasteiger partial charge on any atom is -0.363 e. The van der Waals surface area contributed by atoms with Gasteiger partial charge in [0.05, 0.1) is 0 Å². The third kappa shape index (κ3) is 1.17. The van der Waals surface area contributed by atoms with E-state index >= 15 is 0 Å². The zero-order valence-corrected chi connectivity index (χ0v) is 7.28. The molecular weight excluding hydrogens is 180 g/mol. The molecule has 0 saturated carbocycles. The van der Waals surface area contributed by atoms with Crippen LogP contribution in [0, 0.1) is 0 Å². The molecule has 1 aromatic heterocycles. The highest BCUT2D eigenvalue weighted by molar-refractivity contribution is 6.44. The third-order valence-electron chi connectivity index (χ3n) is 2.06. The molecule has 0 aliphatic rings. The summed E-state index contributed by atoms with van der Waals surface area (Å²) in [6.07, 6.45) is 1.71. The average Bonchev–Trinajstić information content (AvgIpc) is 2.63. The Balaban J connectivity index is 2.67. The monoisotopic (exact) mass is 188 g/mol. The number of hydrogen-bond donors (Lipinski definition) is 2. The molecule has 0 unspecified atom stereocenters. The molecule has 0 atom stereocenters. The first-order valence-corrected chi connectivity index (χ1v) is 4.10. The van der Waals surface area contributed by atoms with Gasteiger partial charge in [0.1, 0.15) is 0 Å². The van der Waals surface area contributed by atoms with Crippen molar-refractivity contribution in [2.75, 3.05) is 0 Å². The number of Topliss-reactive ketones (excluding diaryl/α,β-unsaturated/α-hetero) is 1. The quantitative estimate of drug-likeness (QED) is 0.541. The summed E-state index contributed by atoms with van der Waals surface area (Å²) in [5, 5.41) is 0.719. The number of benzene rings is 1. The van der Waals surface area contributed by atoms with Crippen molar-refractivity contribution in [3.8, 4) is 0 Å². The van der Waals surface area contributed by atoms with E-state index < -0.39 is 11.7 Å². The van der Waals surface area contributed by atoms with E-state index in [0.29, 0.717) is 5.56 Å². The maximum atomic E-state index is 11.4. The molecule has 70 valence electrons. The number of hydrogen-bond acceptors (Lipinski definition) is 2. The highest BCUT2D eigenvalue weighted by atomic mass is 16.2. The lowest BCUT2D eigenvalue weighted by atomic mass is 10.1. The largest absolute Gasteiger partial charge is 0.363 e. The van der Waals surface area contributed by atoms with Gasteiger partial charge in [-0.25, -0.2) is 0 Å². The molecule has 4 nitrogen and oxygen atoms in total. The van der Waals surface area contributed by atoms with Crippen LogP contribution in [0.4, 0.5) is 0 Å². The molecule has 1 aromatic carbocycles. The number of rotatable bonds is 2. The van der Waals surface area contributed by atoms with Crippen molar-refractivity contribution in [3.63, 3.8) is 0 Å². The molecule has 3 N–H and O–H groups in total. The number of aromatic nitrogens is 1. The first-order valence-electron chi connectivity index (χ1n) is 4.10. The molecule has 0 fully saturated rings. The van der Waals surface area contributed by atoms with Crippen LogP contribution in [-0.4, -0.2) is 16.7 Å². The topological polar surface area (TPSA) is 76.0 Å². The predicted octanol–water partition coefficient (Wildman–Crippen LogP) is 0.836. The Morgan fingerprint density at radius 1 is 1.21 bits per heavy atom. The van der Waals surface area contributed by atoms with Crippen LogP contribution in [0.25, 0.3) is 10.9 Å². The molecule has 1 amide bonds. The second-order valence-electron chi connectivity index (χ2n) is 2.94. The first-order chi connectivity index (χ1) is 6.70. The van der Waals surface area contributed by atoms with E-state index in [2.05, 4.69) is 4.98 Å². The van der Waals surface area contributed by atoms with Crippen LogP contribution in [0.2, 0.25) is 0 Å².